The van der Waals surface area contributed by atoms with E-state index in [-0.39, 0.29) is 13.2 Å². The minimum atomic E-state index is -3.68. The number of hydrogen-bond donors (Lipinski definition) is 1. The molecule has 0 spiro atoms. The number of carbonyl (C=O) groups excluding carboxylic acids is 1. The molecule has 1 unspecified atom stereocenters. The summed E-state index contributed by atoms with van der Waals surface area (Å²) in [6.45, 7) is 1.95. The molecule has 0 fully saturated rings. The highest BCUT2D eigenvalue weighted by atomic mass is 32.2. The van der Waals surface area contributed by atoms with E-state index in [4.69, 9.17) is 14.2 Å². The Morgan fingerprint density at radius 2 is 1.66 bits per heavy atom. The van der Waals surface area contributed by atoms with Crippen LogP contribution in [0.25, 0.3) is 0 Å². The van der Waals surface area contributed by atoms with Crippen LogP contribution in [-0.2, 0) is 14.8 Å². The van der Waals surface area contributed by atoms with Crippen LogP contribution < -0.4 is 23.8 Å². The Bertz CT molecular complexity index is 915. The van der Waals surface area contributed by atoms with Crippen LogP contribution in [0.15, 0.2) is 48.5 Å². The first-order chi connectivity index (χ1) is 13.8. The Balaban J connectivity index is 1.99. The van der Waals surface area contributed by atoms with Gasteiger partial charge in [-0.05, 0) is 43.3 Å². The first-order valence-electron chi connectivity index (χ1n) is 8.95. The molecule has 0 aliphatic heterocycles. The molecule has 8 nitrogen and oxygen atoms in total. The number of methoxy groups -OCH3 is 2. The number of nitrogens with zero attached hydrogens (tertiary/aromatic N) is 1. The second-order valence-electron chi connectivity index (χ2n) is 6.22. The molecule has 2 aromatic carbocycles. The van der Waals surface area contributed by atoms with Crippen LogP contribution >= 0.6 is 0 Å². The van der Waals surface area contributed by atoms with Gasteiger partial charge in [0.2, 0.25) is 15.9 Å². The van der Waals surface area contributed by atoms with Crippen molar-refractivity contribution in [3.8, 4) is 17.2 Å². The molecule has 2 rings (SSSR count). The molecule has 1 amide bonds. The summed E-state index contributed by atoms with van der Waals surface area (Å²) < 4.78 is 41.6. The van der Waals surface area contributed by atoms with Crippen LogP contribution in [0.2, 0.25) is 0 Å². The van der Waals surface area contributed by atoms with Crippen molar-refractivity contribution in [1.29, 1.82) is 0 Å². The molecular weight excluding hydrogens is 396 g/mol. The zero-order valence-electron chi connectivity index (χ0n) is 16.9. The summed E-state index contributed by atoms with van der Waals surface area (Å²) in [5, 5.41) is 2.70. The fourth-order valence-corrected chi connectivity index (χ4v) is 3.93. The number of ether oxygens (including phenoxy) is 3. The van der Waals surface area contributed by atoms with Crippen molar-refractivity contribution in [2.24, 2.45) is 0 Å². The van der Waals surface area contributed by atoms with Crippen molar-refractivity contribution < 1.29 is 27.4 Å². The molecule has 0 bridgehead atoms. The Labute approximate surface area is 171 Å². The lowest BCUT2D eigenvalue weighted by Crippen LogP contribution is -2.48. The van der Waals surface area contributed by atoms with E-state index in [1.807, 2.05) is 12.1 Å². The average molecular weight is 423 g/mol. The largest absolute Gasteiger partial charge is 0.497 e. The quantitative estimate of drug-likeness (QED) is 0.589. The van der Waals surface area contributed by atoms with Gasteiger partial charge in [0.25, 0.3) is 0 Å². The Morgan fingerprint density at radius 1 is 1.03 bits per heavy atom. The Morgan fingerprint density at radius 3 is 2.21 bits per heavy atom. The van der Waals surface area contributed by atoms with Crippen LogP contribution in [0.3, 0.4) is 0 Å². The number of rotatable bonds is 10. The molecule has 29 heavy (non-hydrogen) atoms. The molecule has 158 valence electrons. The highest BCUT2D eigenvalue weighted by Crippen LogP contribution is 2.26. The van der Waals surface area contributed by atoms with Gasteiger partial charge in [0.05, 0.1) is 32.7 Å². The maximum atomic E-state index is 12.5. The van der Waals surface area contributed by atoms with E-state index in [0.717, 1.165) is 10.6 Å². The number of amides is 1. The third-order valence-electron chi connectivity index (χ3n) is 4.14. The van der Waals surface area contributed by atoms with Crippen molar-refractivity contribution in [2.45, 2.75) is 13.0 Å². The van der Waals surface area contributed by atoms with Gasteiger partial charge in [0, 0.05) is 0 Å². The van der Waals surface area contributed by atoms with E-state index < -0.39 is 22.0 Å². The van der Waals surface area contributed by atoms with E-state index in [9.17, 15) is 13.2 Å². The van der Waals surface area contributed by atoms with Gasteiger partial charge in [-0.25, -0.2) is 8.42 Å². The minimum absolute atomic E-state index is 0.209. The van der Waals surface area contributed by atoms with Crippen LogP contribution in [0.1, 0.15) is 6.92 Å². The second-order valence-corrected chi connectivity index (χ2v) is 8.08. The number of anilines is 1. The Kier molecular flexibility index (Phi) is 7.72. The van der Waals surface area contributed by atoms with E-state index >= 15 is 0 Å². The van der Waals surface area contributed by atoms with Crippen LogP contribution in [-0.4, -0.2) is 54.0 Å². The first kappa shape index (κ1) is 22.4. The lowest BCUT2D eigenvalue weighted by atomic mass is 10.2. The van der Waals surface area contributed by atoms with Gasteiger partial charge in [0.1, 0.15) is 18.4 Å². The number of sulfonamides is 1. The predicted molar refractivity (Wildman–Crippen MR) is 111 cm³/mol. The molecule has 0 saturated carbocycles. The maximum absolute atomic E-state index is 12.5. The third kappa shape index (κ3) is 6.02. The smallest absolute Gasteiger partial charge is 0.243 e. The van der Waals surface area contributed by atoms with Crippen LogP contribution in [0.4, 0.5) is 5.69 Å². The maximum Gasteiger partial charge on any atom is 0.243 e. The molecular formula is C20H26N2O6S. The topological polar surface area (TPSA) is 94.2 Å². The monoisotopic (exact) mass is 422 g/mol. The van der Waals surface area contributed by atoms with Gasteiger partial charge in [-0.2, -0.15) is 0 Å². The van der Waals surface area contributed by atoms with Gasteiger partial charge in [-0.15, -0.1) is 0 Å². The minimum Gasteiger partial charge on any atom is -0.497 e. The highest BCUT2D eigenvalue weighted by Gasteiger charge is 2.28. The van der Waals surface area contributed by atoms with E-state index in [0.29, 0.717) is 22.9 Å². The number of nitrogens with one attached hydrogen (secondary N) is 1. The molecule has 0 heterocycles. The van der Waals surface area contributed by atoms with Crippen LogP contribution in [0.5, 0.6) is 17.2 Å². The molecule has 0 aromatic heterocycles. The average Bonchev–Trinajstić information content (AvgIpc) is 2.70. The molecule has 0 aliphatic carbocycles. The first-order valence-corrected chi connectivity index (χ1v) is 10.8. The lowest BCUT2D eigenvalue weighted by Gasteiger charge is -2.28. The zero-order valence-corrected chi connectivity index (χ0v) is 17.7. The zero-order chi connectivity index (χ0) is 21.4. The summed E-state index contributed by atoms with van der Waals surface area (Å²) in [4.78, 5) is 12.5. The van der Waals surface area contributed by atoms with E-state index in [1.165, 1.54) is 14.0 Å². The van der Waals surface area contributed by atoms with E-state index in [2.05, 4.69) is 5.32 Å². The highest BCUT2D eigenvalue weighted by molar-refractivity contribution is 7.92. The third-order valence-corrected chi connectivity index (χ3v) is 5.38. The van der Waals surface area contributed by atoms with Crippen LogP contribution in [0, 0.1) is 0 Å². The predicted octanol–water partition coefficient (Wildman–Crippen LogP) is 2.05. The van der Waals surface area contributed by atoms with Gasteiger partial charge in [0.15, 0.2) is 11.5 Å². The fourth-order valence-electron chi connectivity index (χ4n) is 2.76. The molecule has 1 atom stereocenters. The number of carbonyl (C=O) groups is 1. The van der Waals surface area contributed by atoms with E-state index in [1.54, 1.807) is 43.5 Å². The lowest BCUT2D eigenvalue weighted by molar-refractivity contribution is -0.121. The molecule has 2 aromatic rings. The van der Waals surface area contributed by atoms with Gasteiger partial charge < -0.3 is 19.5 Å². The van der Waals surface area contributed by atoms with Crippen molar-refractivity contribution >= 4 is 21.6 Å². The van der Waals surface area contributed by atoms with Gasteiger partial charge in [-0.3, -0.25) is 9.10 Å². The summed E-state index contributed by atoms with van der Waals surface area (Å²) in [5.74, 6) is 1.31. The van der Waals surface area contributed by atoms with Crippen molar-refractivity contribution in [2.75, 3.05) is 37.9 Å². The van der Waals surface area contributed by atoms with Crippen molar-refractivity contribution in [3.63, 3.8) is 0 Å². The molecule has 0 aliphatic rings. The Hall–Kier alpha value is -2.94. The van der Waals surface area contributed by atoms with Crippen molar-refractivity contribution in [3.05, 3.63) is 48.5 Å². The SMILES string of the molecule is COc1ccc(N(C(C)C(=O)NCCOc2ccccc2OC)S(C)(=O)=O)cc1. The molecule has 1 N–H and O–H groups in total. The van der Waals surface area contributed by atoms with Gasteiger partial charge >= 0.3 is 0 Å². The second kappa shape index (κ2) is 10.0. The normalized spacial score (nSPS) is 12.0. The molecule has 0 saturated heterocycles. The standard InChI is InChI=1S/C20H26N2O6S/c1-15(22(29(4,24)25)16-9-11-17(26-2)12-10-16)20(23)21-13-14-28-19-8-6-5-7-18(19)27-3/h5-12,15H,13-14H2,1-4H3,(H,21,23). The summed E-state index contributed by atoms with van der Waals surface area (Å²) in [7, 11) is -0.614. The number of para-hydroxylation sites is 2. The fraction of sp³-hybridized carbons (Fsp3) is 0.350. The van der Waals surface area contributed by atoms with Gasteiger partial charge in [-0.1, -0.05) is 12.1 Å². The molecule has 0 radical (unpaired) electrons. The molecule has 9 heteroatoms. The van der Waals surface area contributed by atoms with Crippen molar-refractivity contribution in [1.82, 2.24) is 5.32 Å². The summed E-state index contributed by atoms with van der Waals surface area (Å²) >= 11 is 0. The summed E-state index contributed by atoms with van der Waals surface area (Å²) in [6, 6.07) is 12.7. The summed E-state index contributed by atoms with van der Waals surface area (Å²) in [6.07, 6.45) is 1.06. The number of hydrogen-bond acceptors (Lipinski definition) is 6. The number of benzene rings is 2. The summed E-state index contributed by atoms with van der Waals surface area (Å²) in [5.41, 5.74) is 0.376.